The van der Waals surface area contributed by atoms with Crippen LogP contribution in [0.15, 0.2) is 23.3 Å². The van der Waals surface area contributed by atoms with Gasteiger partial charge < -0.3 is 9.47 Å². The van der Waals surface area contributed by atoms with Crippen molar-refractivity contribution in [3.05, 3.63) is 23.3 Å². The van der Waals surface area contributed by atoms with E-state index in [-0.39, 0.29) is 0 Å². The number of alkyl halides is 1. The molecule has 0 aliphatic heterocycles. The molecular formula is C12H19BrO3. The number of hydrogen-bond acceptors (Lipinski definition) is 3. The van der Waals surface area contributed by atoms with Gasteiger partial charge in [-0.2, -0.15) is 0 Å². The Morgan fingerprint density at radius 2 is 1.94 bits per heavy atom. The molecule has 0 amide bonds. The third-order valence-corrected chi connectivity index (χ3v) is 2.37. The molecule has 0 radical (unpaired) electrons. The van der Waals surface area contributed by atoms with Gasteiger partial charge in [0, 0.05) is 5.33 Å². The number of allylic oxidation sites excluding steroid dienone is 3. The van der Waals surface area contributed by atoms with Crippen LogP contribution in [0.25, 0.3) is 0 Å². The van der Waals surface area contributed by atoms with Gasteiger partial charge in [-0.05, 0) is 32.3 Å². The van der Waals surface area contributed by atoms with Gasteiger partial charge in [-0.3, -0.25) is 0 Å². The van der Waals surface area contributed by atoms with Crippen LogP contribution in [0.2, 0.25) is 0 Å². The Morgan fingerprint density at radius 3 is 2.50 bits per heavy atom. The van der Waals surface area contributed by atoms with Crippen LogP contribution in [0.5, 0.6) is 0 Å². The normalized spacial score (nSPS) is 12.5. The third-order valence-electron chi connectivity index (χ3n) is 2.04. The minimum Gasteiger partial charge on any atom is -0.438 e. The number of carbonyl (C=O) groups excluding carboxylic acids is 1. The van der Waals surface area contributed by atoms with Crippen molar-refractivity contribution < 1.29 is 14.3 Å². The SMILES string of the molecule is COC(=O)OC/C(C)=C/CC/C(C)=C/CBr. The summed E-state index contributed by atoms with van der Waals surface area (Å²) in [4.78, 5) is 10.7. The monoisotopic (exact) mass is 290 g/mol. The Kier molecular flexibility index (Phi) is 9.00. The highest BCUT2D eigenvalue weighted by Crippen LogP contribution is 2.07. The van der Waals surface area contributed by atoms with Gasteiger partial charge in [0.25, 0.3) is 0 Å². The minimum absolute atomic E-state index is 0.299. The highest BCUT2D eigenvalue weighted by atomic mass is 79.9. The van der Waals surface area contributed by atoms with Crippen molar-refractivity contribution in [2.24, 2.45) is 0 Å². The second-order valence-electron chi connectivity index (χ2n) is 3.54. The van der Waals surface area contributed by atoms with E-state index in [1.807, 2.05) is 6.92 Å². The first-order valence-electron chi connectivity index (χ1n) is 5.18. The summed E-state index contributed by atoms with van der Waals surface area (Å²) >= 11 is 3.36. The van der Waals surface area contributed by atoms with E-state index in [9.17, 15) is 4.79 Å². The summed E-state index contributed by atoms with van der Waals surface area (Å²) < 4.78 is 9.18. The van der Waals surface area contributed by atoms with Crippen LogP contribution in [0.3, 0.4) is 0 Å². The molecule has 0 heterocycles. The summed E-state index contributed by atoms with van der Waals surface area (Å²) in [7, 11) is 1.30. The molecule has 0 aromatic rings. The molecule has 0 rings (SSSR count). The maximum atomic E-state index is 10.7. The Labute approximate surface area is 106 Å². The Morgan fingerprint density at radius 1 is 1.25 bits per heavy atom. The lowest BCUT2D eigenvalue weighted by molar-refractivity contribution is 0.0798. The molecular weight excluding hydrogens is 272 g/mol. The molecule has 0 bridgehead atoms. The van der Waals surface area contributed by atoms with Crippen LogP contribution in [-0.2, 0) is 9.47 Å². The fourth-order valence-electron chi connectivity index (χ4n) is 1.07. The number of methoxy groups -OCH3 is 1. The molecule has 92 valence electrons. The van der Waals surface area contributed by atoms with E-state index in [1.165, 1.54) is 12.7 Å². The van der Waals surface area contributed by atoms with Gasteiger partial charge in [0.15, 0.2) is 0 Å². The van der Waals surface area contributed by atoms with Crippen LogP contribution in [0, 0.1) is 0 Å². The maximum absolute atomic E-state index is 10.7. The first kappa shape index (κ1) is 15.2. The van der Waals surface area contributed by atoms with Gasteiger partial charge in [0.05, 0.1) is 7.11 Å². The number of carbonyl (C=O) groups is 1. The first-order valence-corrected chi connectivity index (χ1v) is 6.30. The van der Waals surface area contributed by atoms with E-state index in [2.05, 4.69) is 39.7 Å². The molecule has 0 saturated carbocycles. The van der Waals surface area contributed by atoms with Gasteiger partial charge in [0.2, 0.25) is 0 Å². The molecule has 0 saturated heterocycles. The van der Waals surface area contributed by atoms with E-state index in [1.54, 1.807) is 0 Å². The highest BCUT2D eigenvalue weighted by Gasteiger charge is 1.99. The fourth-order valence-corrected chi connectivity index (χ4v) is 1.62. The zero-order valence-electron chi connectivity index (χ0n) is 10.1. The smallest absolute Gasteiger partial charge is 0.438 e. The summed E-state index contributed by atoms with van der Waals surface area (Å²) in [6.45, 7) is 4.34. The number of ether oxygens (including phenoxy) is 2. The maximum Gasteiger partial charge on any atom is 0.508 e. The largest absolute Gasteiger partial charge is 0.508 e. The molecule has 0 spiro atoms. The summed E-state index contributed by atoms with van der Waals surface area (Å²) in [5, 5.41) is 0.896. The topological polar surface area (TPSA) is 35.5 Å². The zero-order valence-corrected chi connectivity index (χ0v) is 11.7. The van der Waals surface area contributed by atoms with Crippen molar-refractivity contribution in [2.45, 2.75) is 26.7 Å². The molecule has 0 aromatic heterocycles. The standard InChI is InChI=1S/C12H19BrO3/c1-10(7-8-13)5-4-6-11(2)9-16-12(14)15-3/h6-7H,4-5,8-9H2,1-3H3/b10-7+,11-6+. The summed E-state index contributed by atoms with van der Waals surface area (Å²) in [5.41, 5.74) is 2.40. The van der Waals surface area contributed by atoms with Gasteiger partial charge in [0.1, 0.15) is 6.61 Å². The van der Waals surface area contributed by atoms with Crippen molar-refractivity contribution in [3.8, 4) is 0 Å². The molecule has 16 heavy (non-hydrogen) atoms. The van der Waals surface area contributed by atoms with Crippen LogP contribution < -0.4 is 0 Å². The fraction of sp³-hybridized carbons (Fsp3) is 0.583. The average molecular weight is 291 g/mol. The second kappa shape index (κ2) is 9.46. The molecule has 0 aromatic carbocycles. The highest BCUT2D eigenvalue weighted by molar-refractivity contribution is 9.09. The van der Waals surface area contributed by atoms with Crippen molar-refractivity contribution in [1.29, 1.82) is 0 Å². The molecule has 0 fully saturated rings. The first-order chi connectivity index (χ1) is 7.60. The molecule has 0 atom stereocenters. The lowest BCUT2D eigenvalue weighted by atomic mass is 10.1. The summed E-state index contributed by atoms with van der Waals surface area (Å²) in [6, 6.07) is 0. The lowest BCUT2D eigenvalue weighted by Crippen LogP contribution is -2.06. The predicted molar refractivity (Wildman–Crippen MR) is 68.9 cm³/mol. The minimum atomic E-state index is -0.636. The number of rotatable bonds is 6. The van der Waals surface area contributed by atoms with E-state index >= 15 is 0 Å². The van der Waals surface area contributed by atoms with Crippen molar-refractivity contribution >= 4 is 22.1 Å². The summed E-state index contributed by atoms with van der Waals surface area (Å²) in [6.07, 6.45) is 5.58. The van der Waals surface area contributed by atoms with E-state index in [4.69, 9.17) is 4.74 Å². The molecule has 0 aliphatic carbocycles. The van der Waals surface area contributed by atoms with E-state index in [0.29, 0.717) is 6.61 Å². The Bertz CT molecular complexity index is 269. The van der Waals surface area contributed by atoms with Crippen molar-refractivity contribution in [1.82, 2.24) is 0 Å². The number of hydrogen-bond donors (Lipinski definition) is 0. The molecule has 0 N–H and O–H groups in total. The summed E-state index contributed by atoms with van der Waals surface area (Å²) in [5.74, 6) is 0. The molecule has 0 aliphatic rings. The van der Waals surface area contributed by atoms with Gasteiger partial charge in [-0.1, -0.05) is 33.7 Å². The average Bonchev–Trinajstić information content (AvgIpc) is 2.26. The van der Waals surface area contributed by atoms with Gasteiger partial charge in [-0.25, -0.2) is 4.79 Å². The zero-order chi connectivity index (χ0) is 12.4. The van der Waals surface area contributed by atoms with Gasteiger partial charge in [-0.15, -0.1) is 0 Å². The van der Waals surface area contributed by atoms with Crippen LogP contribution in [0.1, 0.15) is 26.7 Å². The molecule has 0 unspecified atom stereocenters. The lowest BCUT2D eigenvalue weighted by Gasteiger charge is -2.03. The molecule has 4 heteroatoms. The van der Waals surface area contributed by atoms with Crippen LogP contribution in [-0.4, -0.2) is 25.2 Å². The predicted octanol–water partition coefficient (Wildman–Crippen LogP) is 3.84. The second-order valence-corrected chi connectivity index (χ2v) is 4.18. The molecule has 3 nitrogen and oxygen atoms in total. The van der Waals surface area contributed by atoms with Crippen molar-refractivity contribution in [3.63, 3.8) is 0 Å². The quantitative estimate of drug-likeness (QED) is 0.424. The van der Waals surface area contributed by atoms with Gasteiger partial charge >= 0.3 is 6.16 Å². The Balaban J connectivity index is 3.79. The van der Waals surface area contributed by atoms with E-state index < -0.39 is 6.16 Å². The van der Waals surface area contributed by atoms with E-state index in [0.717, 1.165) is 23.7 Å². The Hall–Kier alpha value is -0.770. The van der Waals surface area contributed by atoms with Crippen molar-refractivity contribution in [2.75, 3.05) is 19.0 Å². The number of halogens is 1. The third kappa shape index (κ3) is 8.53. The van der Waals surface area contributed by atoms with Crippen LogP contribution in [0.4, 0.5) is 4.79 Å². The van der Waals surface area contributed by atoms with Crippen LogP contribution >= 0.6 is 15.9 Å².